The van der Waals surface area contributed by atoms with Crippen LogP contribution in [0.2, 0.25) is 0 Å². The van der Waals surface area contributed by atoms with E-state index in [4.69, 9.17) is 9.47 Å². The van der Waals surface area contributed by atoms with Crippen molar-refractivity contribution in [2.45, 2.75) is 45.1 Å². The van der Waals surface area contributed by atoms with Gasteiger partial charge in [-0.05, 0) is 37.1 Å². The number of methoxy groups -OCH3 is 1. The molecule has 1 N–H and O–H groups in total. The first-order valence-electron chi connectivity index (χ1n) is 8.02. The van der Waals surface area contributed by atoms with Crippen molar-refractivity contribution in [3.8, 4) is 5.75 Å². The lowest BCUT2D eigenvalue weighted by atomic mass is 10.1. The molecule has 2 atom stereocenters. The molecule has 1 aromatic carbocycles. The lowest BCUT2D eigenvalue weighted by Gasteiger charge is -2.32. The highest BCUT2D eigenvalue weighted by Crippen LogP contribution is 2.29. The van der Waals surface area contributed by atoms with E-state index in [9.17, 15) is 0 Å². The second-order valence-corrected chi connectivity index (χ2v) is 6.08. The molecule has 2 aliphatic rings. The highest BCUT2D eigenvalue weighted by atomic mass is 16.5. The number of fused-ring (bicyclic) bond motifs is 2. The Morgan fingerprint density at radius 3 is 2.71 bits per heavy atom. The zero-order valence-electron chi connectivity index (χ0n) is 13.1. The van der Waals surface area contributed by atoms with Crippen molar-refractivity contribution in [3.63, 3.8) is 0 Å². The Labute approximate surface area is 127 Å². The first kappa shape index (κ1) is 14.8. The van der Waals surface area contributed by atoms with Crippen molar-refractivity contribution in [1.82, 2.24) is 10.2 Å². The molecule has 0 aliphatic carbocycles. The molecule has 3 rings (SSSR count). The smallest absolute Gasteiger partial charge is 0.123 e. The van der Waals surface area contributed by atoms with Gasteiger partial charge in [-0.1, -0.05) is 13.0 Å². The van der Waals surface area contributed by atoms with Crippen LogP contribution in [0.25, 0.3) is 0 Å². The zero-order chi connectivity index (χ0) is 14.7. The molecule has 2 heterocycles. The van der Waals surface area contributed by atoms with Gasteiger partial charge in [0.1, 0.15) is 5.75 Å². The Kier molecular flexibility index (Phi) is 4.78. The molecular formula is C17H26N2O2. The van der Waals surface area contributed by atoms with Crippen LogP contribution in [0.1, 0.15) is 30.9 Å². The molecule has 0 radical (unpaired) electrons. The minimum atomic E-state index is 0.444. The van der Waals surface area contributed by atoms with Crippen molar-refractivity contribution >= 4 is 0 Å². The summed E-state index contributed by atoms with van der Waals surface area (Å²) in [4.78, 5) is 2.51. The predicted octanol–water partition coefficient (Wildman–Crippen LogP) is 2.17. The Morgan fingerprint density at radius 1 is 1.29 bits per heavy atom. The third-order valence-electron chi connectivity index (χ3n) is 4.44. The molecule has 116 valence electrons. The van der Waals surface area contributed by atoms with Gasteiger partial charge in [-0.3, -0.25) is 4.90 Å². The zero-order valence-corrected chi connectivity index (χ0v) is 13.1. The molecule has 0 amide bonds. The fourth-order valence-electron chi connectivity index (χ4n) is 3.40. The number of rotatable bonds is 6. The SMILES string of the molecule is CCNCc1ccc(OC)c(CN2CC3CCC(C2)O3)c1. The quantitative estimate of drug-likeness (QED) is 0.870. The Bertz CT molecular complexity index is 466. The summed E-state index contributed by atoms with van der Waals surface area (Å²) < 4.78 is 11.5. The molecule has 2 aliphatic heterocycles. The topological polar surface area (TPSA) is 33.7 Å². The first-order chi connectivity index (χ1) is 10.3. The molecule has 2 bridgehead atoms. The van der Waals surface area contributed by atoms with Gasteiger partial charge in [0.25, 0.3) is 0 Å². The van der Waals surface area contributed by atoms with Crippen molar-refractivity contribution < 1.29 is 9.47 Å². The van der Waals surface area contributed by atoms with Crippen LogP contribution >= 0.6 is 0 Å². The van der Waals surface area contributed by atoms with Gasteiger partial charge in [-0.2, -0.15) is 0 Å². The molecule has 2 saturated heterocycles. The van der Waals surface area contributed by atoms with E-state index < -0.39 is 0 Å². The largest absolute Gasteiger partial charge is 0.496 e. The fourth-order valence-corrected chi connectivity index (χ4v) is 3.40. The van der Waals surface area contributed by atoms with Gasteiger partial charge in [0.15, 0.2) is 0 Å². The van der Waals surface area contributed by atoms with Gasteiger partial charge in [0.05, 0.1) is 19.3 Å². The van der Waals surface area contributed by atoms with Gasteiger partial charge in [0.2, 0.25) is 0 Å². The summed E-state index contributed by atoms with van der Waals surface area (Å²) >= 11 is 0. The van der Waals surface area contributed by atoms with E-state index in [0.29, 0.717) is 12.2 Å². The lowest BCUT2D eigenvalue weighted by molar-refractivity contribution is -0.0412. The van der Waals surface area contributed by atoms with E-state index in [1.807, 2.05) is 0 Å². The van der Waals surface area contributed by atoms with Gasteiger partial charge in [-0.25, -0.2) is 0 Å². The van der Waals surface area contributed by atoms with Crippen LogP contribution in [-0.2, 0) is 17.8 Å². The summed E-state index contributed by atoms with van der Waals surface area (Å²) in [5.41, 5.74) is 2.61. The lowest BCUT2D eigenvalue weighted by Crippen LogP contribution is -2.42. The van der Waals surface area contributed by atoms with Gasteiger partial charge >= 0.3 is 0 Å². The summed E-state index contributed by atoms with van der Waals surface area (Å²) in [5, 5.41) is 3.38. The summed E-state index contributed by atoms with van der Waals surface area (Å²) in [6.45, 7) is 7.11. The normalized spacial score (nSPS) is 25.2. The predicted molar refractivity (Wildman–Crippen MR) is 83.5 cm³/mol. The molecule has 4 nitrogen and oxygen atoms in total. The maximum absolute atomic E-state index is 5.92. The van der Waals surface area contributed by atoms with E-state index in [2.05, 4.69) is 35.3 Å². The molecule has 21 heavy (non-hydrogen) atoms. The van der Waals surface area contributed by atoms with Crippen LogP contribution in [0.5, 0.6) is 5.75 Å². The number of nitrogens with one attached hydrogen (secondary N) is 1. The first-order valence-corrected chi connectivity index (χ1v) is 8.02. The van der Waals surface area contributed by atoms with E-state index in [-0.39, 0.29) is 0 Å². The van der Waals surface area contributed by atoms with Crippen LogP contribution in [0.15, 0.2) is 18.2 Å². The van der Waals surface area contributed by atoms with Crippen LogP contribution in [-0.4, -0.2) is 43.9 Å². The Balaban J connectivity index is 1.70. The second kappa shape index (κ2) is 6.77. The number of benzene rings is 1. The van der Waals surface area contributed by atoms with Gasteiger partial charge in [-0.15, -0.1) is 0 Å². The van der Waals surface area contributed by atoms with Crippen LogP contribution < -0.4 is 10.1 Å². The molecule has 0 aromatic heterocycles. The van der Waals surface area contributed by atoms with Crippen molar-refractivity contribution in [3.05, 3.63) is 29.3 Å². The highest BCUT2D eigenvalue weighted by molar-refractivity contribution is 5.37. The van der Waals surface area contributed by atoms with Crippen molar-refractivity contribution in [2.24, 2.45) is 0 Å². The number of morpholine rings is 1. The monoisotopic (exact) mass is 290 g/mol. The van der Waals surface area contributed by atoms with E-state index in [1.54, 1.807) is 7.11 Å². The van der Waals surface area contributed by atoms with E-state index in [0.717, 1.165) is 38.5 Å². The molecule has 2 unspecified atom stereocenters. The summed E-state index contributed by atoms with van der Waals surface area (Å²) in [6.07, 6.45) is 3.33. The van der Waals surface area contributed by atoms with Gasteiger partial charge < -0.3 is 14.8 Å². The minimum Gasteiger partial charge on any atom is -0.496 e. The van der Waals surface area contributed by atoms with Crippen LogP contribution in [0, 0.1) is 0 Å². The van der Waals surface area contributed by atoms with Crippen molar-refractivity contribution in [1.29, 1.82) is 0 Å². The Hall–Kier alpha value is -1.10. The number of nitrogens with zero attached hydrogens (tertiary/aromatic N) is 1. The molecule has 4 heteroatoms. The van der Waals surface area contributed by atoms with Crippen LogP contribution in [0.3, 0.4) is 0 Å². The second-order valence-electron chi connectivity index (χ2n) is 6.08. The van der Waals surface area contributed by atoms with Crippen LogP contribution in [0.4, 0.5) is 0 Å². The average Bonchev–Trinajstić information content (AvgIpc) is 2.84. The summed E-state index contributed by atoms with van der Waals surface area (Å²) in [5.74, 6) is 0.995. The maximum atomic E-state index is 5.92. The van der Waals surface area contributed by atoms with E-state index >= 15 is 0 Å². The van der Waals surface area contributed by atoms with E-state index in [1.165, 1.54) is 24.0 Å². The van der Waals surface area contributed by atoms with Crippen molar-refractivity contribution in [2.75, 3.05) is 26.7 Å². The average molecular weight is 290 g/mol. The summed E-state index contributed by atoms with van der Waals surface area (Å²) in [7, 11) is 1.76. The summed E-state index contributed by atoms with van der Waals surface area (Å²) in [6, 6.07) is 6.52. The number of hydrogen-bond acceptors (Lipinski definition) is 4. The van der Waals surface area contributed by atoms with Gasteiger partial charge in [0, 0.05) is 31.7 Å². The number of ether oxygens (including phenoxy) is 2. The molecular weight excluding hydrogens is 264 g/mol. The third kappa shape index (κ3) is 3.57. The number of hydrogen-bond donors (Lipinski definition) is 1. The molecule has 1 aromatic rings. The Morgan fingerprint density at radius 2 is 2.05 bits per heavy atom. The molecule has 0 saturated carbocycles. The maximum Gasteiger partial charge on any atom is 0.123 e. The number of likely N-dealkylation sites (tertiary alicyclic amines) is 1. The standard InChI is InChI=1S/C17H26N2O2/c1-3-18-9-13-4-7-17(20-2)14(8-13)10-19-11-15-5-6-16(12-19)21-15/h4,7-8,15-16,18H,3,5-6,9-12H2,1-2H3. The minimum absolute atomic E-state index is 0.444. The third-order valence-corrected chi connectivity index (χ3v) is 4.44. The fraction of sp³-hybridized carbons (Fsp3) is 0.647. The molecule has 0 spiro atoms. The highest BCUT2D eigenvalue weighted by Gasteiger charge is 2.33. The molecule has 2 fully saturated rings.